The summed E-state index contributed by atoms with van der Waals surface area (Å²) in [6.45, 7) is 7.14. The van der Waals surface area contributed by atoms with E-state index >= 15 is 0 Å². The molecule has 0 radical (unpaired) electrons. The molecule has 0 saturated carbocycles. The molecule has 2 aromatic rings. The zero-order valence-corrected chi connectivity index (χ0v) is 10.7. The van der Waals surface area contributed by atoms with Crippen LogP contribution in [0.2, 0.25) is 0 Å². The molecular formula is C10H17N5S. The van der Waals surface area contributed by atoms with Crippen LogP contribution in [0.1, 0.15) is 12.6 Å². The van der Waals surface area contributed by atoms with Crippen LogP contribution in [0.5, 0.6) is 0 Å². The van der Waals surface area contributed by atoms with Crippen molar-refractivity contribution in [2.45, 2.75) is 13.8 Å². The minimum absolute atomic E-state index is 0.917. The SMILES string of the molecule is CCN(C)CCNc1nn2cc(C)nc2s1. The van der Waals surface area contributed by atoms with Crippen molar-refractivity contribution in [2.75, 3.05) is 32.0 Å². The summed E-state index contributed by atoms with van der Waals surface area (Å²) in [7, 11) is 2.11. The second-order valence-corrected chi connectivity index (χ2v) is 4.80. The van der Waals surface area contributed by atoms with E-state index in [-0.39, 0.29) is 0 Å². The van der Waals surface area contributed by atoms with Gasteiger partial charge in [-0.2, -0.15) is 0 Å². The highest BCUT2D eigenvalue weighted by Gasteiger charge is 2.05. The number of imidazole rings is 1. The fraction of sp³-hybridized carbons (Fsp3) is 0.600. The number of likely N-dealkylation sites (N-methyl/N-ethyl adjacent to an activating group) is 1. The van der Waals surface area contributed by atoms with E-state index in [1.54, 1.807) is 11.3 Å². The highest BCUT2D eigenvalue weighted by molar-refractivity contribution is 7.20. The van der Waals surface area contributed by atoms with Gasteiger partial charge in [0.05, 0.1) is 11.9 Å². The van der Waals surface area contributed by atoms with Crippen LogP contribution in [-0.2, 0) is 0 Å². The van der Waals surface area contributed by atoms with E-state index in [2.05, 4.69) is 34.3 Å². The standard InChI is InChI=1S/C10H17N5S/c1-4-14(3)6-5-11-9-13-15-7-8(2)12-10(15)16-9/h7H,4-6H2,1-3H3,(H,11,13). The van der Waals surface area contributed by atoms with Crippen LogP contribution in [0.4, 0.5) is 5.13 Å². The molecule has 0 aliphatic rings. The van der Waals surface area contributed by atoms with E-state index in [1.807, 2.05) is 17.6 Å². The molecule has 2 heterocycles. The lowest BCUT2D eigenvalue weighted by atomic mass is 10.5. The zero-order valence-electron chi connectivity index (χ0n) is 9.90. The number of nitrogens with one attached hydrogen (secondary N) is 1. The fourth-order valence-electron chi connectivity index (χ4n) is 1.39. The normalized spacial score (nSPS) is 11.5. The third-order valence-corrected chi connectivity index (χ3v) is 3.35. The van der Waals surface area contributed by atoms with Gasteiger partial charge in [0.25, 0.3) is 0 Å². The Kier molecular flexibility index (Phi) is 3.40. The second-order valence-electron chi connectivity index (χ2n) is 3.84. The predicted octanol–water partition coefficient (Wildman–Crippen LogP) is 1.46. The van der Waals surface area contributed by atoms with E-state index in [1.165, 1.54) is 0 Å². The van der Waals surface area contributed by atoms with Crippen LogP contribution in [0.15, 0.2) is 6.20 Å². The summed E-state index contributed by atoms with van der Waals surface area (Å²) in [6.07, 6.45) is 1.94. The number of aryl methyl sites for hydroxylation is 1. The molecule has 88 valence electrons. The van der Waals surface area contributed by atoms with Crippen LogP contribution in [0.25, 0.3) is 4.96 Å². The monoisotopic (exact) mass is 239 g/mol. The molecule has 1 N–H and O–H groups in total. The Hall–Kier alpha value is -1.14. The topological polar surface area (TPSA) is 45.5 Å². The molecule has 0 bridgehead atoms. The van der Waals surface area contributed by atoms with Gasteiger partial charge in [-0.05, 0) is 20.5 Å². The van der Waals surface area contributed by atoms with Gasteiger partial charge < -0.3 is 10.2 Å². The number of nitrogens with zero attached hydrogens (tertiary/aromatic N) is 4. The summed E-state index contributed by atoms with van der Waals surface area (Å²) < 4.78 is 1.83. The first kappa shape index (κ1) is 11.3. The maximum Gasteiger partial charge on any atom is 0.214 e. The van der Waals surface area contributed by atoms with Crippen LogP contribution in [0.3, 0.4) is 0 Å². The molecule has 0 atom stereocenters. The van der Waals surface area contributed by atoms with Crippen LogP contribution < -0.4 is 5.32 Å². The average Bonchev–Trinajstić information content (AvgIpc) is 2.74. The Morgan fingerprint density at radius 2 is 2.38 bits per heavy atom. The first-order valence-corrected chi connectivity index (χ1v) is 6.26. The van der Waals surface area contributed by atoms with E-state index in [4.69, 9.17) is 0 Å². The maximum atomic E-state index is 4.40. The summed E-state index contributed by atoms with van der Waals surface area (Å²) in [5.74, 6) is 0. The molecular weight excluding hydrogens is 222 g/mol. The summed E-state index contributed by atoms with van der Waals surface area (Å²) >= 11 is 1.59. The Labute approximate surface area is 99.1 Å². The van der Waals surface area contributed by atoms with Crippen molar-refractivity contribution in [3.8, 4) is 0 Å². The quantitative estimate of drug-likeness (QED) is 0.858. The van der Waals surface area contributed by atoms with Gasteiger partial charge in [0.15, 0.2) is 0 Å². The average molecular weight is 239 g/mol. The lowest BCUT2D eigenvalue weighted by Crippen LogP contribution is -2.24. The van der Waals surface area contributed by atoms with E-state index < -0.39 is 0 Å². The highest BCUT2D eigenvalue weighted by Crippen LogP contribution is 2.18. The van der Waals surface area contributed by atoms with Gasteiger partial charge in [-0.15, -0.1) is 5.10 Å². The molecule has 0 aromatic carbocycles. The second kappa shape index (κ2) is 4.80. The molecule has 16 heavy (non-hydrogen) atoms. The van der Waals surface area contributed by atoms with E-state index in [9.17, 15) is 0 Å². The van der Waals surface area contributed by atoms with Crippen molar-refractivity contribution < 1.29 is 0 Å². The number of anilines is 1. The van der Waals surface area contributed by atoms with Crippen LogP contribution >= 0.6 is 11.3 Å². The molecule has 0 aliphatic carbocycles. The summed E-state index contributed by atoms with van der Waals surface area (Å²) in [5, 5.41) is 8.65. The summed E-state index contributed by atoms with van der Waals surface area (Å²) in [6, 6.07) is 0. The van der Waals surface area contributed by atoms with Crippen molar-refractivity contribution in [3.05, 3.63) is 11.9 Å². The maximum absolute atomic E-state index is 4.40. The molecule has 0 spiro atoms. The Balaban J connectivity index is 1.92. The van der Waals surface area contributed by atoms with Gasteiger partial charge in [0.2, 0.25) is 10.1 Å². The molecule has 0 unspecified atom stereocenters. The lowest BCUT2D eigenvalue weighted by Gasteiger charge is -2.13. The third-order valence-electron chi connectivity index (χ3n) is 2.47. The Bertz CT molecular complexity index is 429. The Morgan fingerprint density at radius 1 is 1.56 bits per heavy atom. The number of fused-ring (bicyclic) bond motifs is 1. The van der Waals surface area contributed by atoms with Crippen LogP contribution in [-0.4, -0.2) is 46.2 Å². The van der Waals surface area contributed by atoms with E-state index in [0.717, 1.165) is 35.4 Å². The minimum Gasteiger partial charge on any atom is -0.359 e. The van der Waals surface area contributed by atoms with Gasteiger partial charge in [-0.3, -0.25) is 0 Å². The number of rotatable bonds is 5. The van der Waals surface area contributed by atoms with Gasteiger partial charge in [-0.25, -0.2) is 9.50 Å². The van der Waals surface area contributed by atoms with Crippen molar-refractivity contribution in [1.29, 1.82) is 0 Å². The molecule has 0 aliphatic heterocycles. The number of aromatic nitrogens is 3. The van der Waals surface area contributed by atoms with Gasteiger partial charge >= 0.3 is 0 Å². The van der Waals surface area contributed by atoms with E-state index in [0.29, 0.717) is 0 Å². The van der Waals surface area contributed by atoms with Crippen molar-refractivity contribution in [3.63, 3.8) is 0 Å². The molecule has 2 aromatic heterocycles. The minimum atomic E-state index is 0.917. The smallest absolute Gasteiger partial charge is 0.214 e. The number of hydrogen-bond acceptors (Lipinski definition) is 5. The highest BCUT2D eigenvalue weighted by atomic mass is 32.1. The largest absolute Gasteiger partial charge is 0.359 e. The summed E-state index contributed by atoms with van der Waals surface area (Å²) in [4.78, 5) is 7.57. The number of hydrogen-bond donors (Lipinski definition) is 1. The molecule has 2 rings (SSSR count). The van der Waals surface area contributed by atoms with Crippen molar-refractivity contribution in [2.24, 2.45) is 0 Å². The predicted molar refractivity (Wildman–Crippen MR) is 67.3 cm³/mol. The summed E-state index contributed by atoms with van der Waals surface area (Å²) in [5.41, 5.74) is 1.01. The first-order valence-electron chi connectivity index (χ1n) is 5.44. The zero-order chi connectivity index (χ0) is 11.5. The first-order chi connectivity index (χ1) is 7.69. The third kappa shape index (κ3) is 2.51. The molecule has 0 fully saturated rings. The Morgan fingerprint density at radius 3 is 3.06 bits per heavy atom. The molecule has 6 heteroatoms. The van der Waals surface area contributed by atoms with Crippen LogP contribution in [0, 0.1) is 6.92 Å². The molecule has 5 nitrogen and oxygen atoms in total. The van der Waals surface area contributed by atoms with Crippen molar-refractivity contribution >= 4 is 21.4 Å². The fourth-order valence-corrected chi connectivity index (χ4v) is 2.25. The van der Waals surface area contributed by atoms with Crippen molar-refractivity contribution in [1.82, 2.24) is 19.5 Å². The molecule has 0 saturated heterocycles. The van der Waals surface area contributed by atoms with Gasteiger partial charge in [0, 0.05) is 13.1 Å². The molecule has 0 amide bonds. The van der Waals surface area contributed by atoms with Gasteiger partial charge in [-0.1, -0.05) is 18.3 Å². The lowest BCUT2D eigenvalue weighted by molar-refractivity contribution is 0.367. The van der Waals surface area contributed by atoms with Gasteiger partial charge in [0.1, 0.15) is 0 Å².